The summed E-state index contributed by atoms with van der Waals surface area (Å²) in [5, 5.41) is 12.6. The molecule has 1 fully saturated rings. The van der Waals surface area contributed by atoms with Gasteiger partial charge in [0.05, 0.1) is 6.54 Å². The smallest absolute Gasteiger partial charge is 0.319 e. The molecule has 0 aromatic heterocycles. The average molecular weight is 403 g/mol. The number of benzene rings is 1. The van der Waals surface area contributed by atoms with Gasteiger partial charge in [0.2, 0.25) is 0 Å². The second kappa shape index (κ2) is 11.7. The predicted molar refractivity (Wildman–Crippen MR) is 121 cm³/mol. The largest absolute Gasteiger partial charge is 0.357 e. The Morgan fingerprint density at radius 2 is 1.79 bits per heavy atom. The van der Waals surface area contributed by atoms with Gasteiger partial charge in [-0.3, -0.25) is 0 Å². The standard InChI is InChI=1S/C22H38N6O/c1-6-23-21(26-20-11-13-28(14-12-20)17(4)5)24-15-18-7-9-19(10-8-18)27-22(29)25-16(2)3/h7-10,16-17,20H,6,11-15H2,1-5H3,(H2,23,24,26)(H2,25,27,29). The summed E-state index contributed by atoms with van der Waals surface area (Å²) >= 11 is 0. The van der Waals surface area contributed by atoms with Gasteiger partial charge >= 0.3 is 6.03 Å². The second-order valence-electron chi connectivity index (χ2n) is 8.19. The Kier molecular flexibility index (Phi) is 9.25. The summed E-state index contributed by atoms with van der Waals surface area (Å²) in [5.74, 6) is 0.869. The molecule has 1 saturated heterocycles. The zero-order chi connectivity index (χ0) is 21.2. The quantitative estimate of drug-likeness (QED) is 0.417. The van der Waals surface area contributed by atoms with E-state index in [1.165, 1.54) is 0 Å². The number of piperidine rings is 1. The van der Waals surface area contributed by atoms with Crippen LogP contribution in [-0.2, 0) is 6.54 Å². The van der Waals surface area contributed by atoms with E-state index in [1.807, 2.05) is 38.1 Å². The number of hydrogen-bond acceptors (Lipinski definition) is 3. The van der Waals surface area contributed by atoms with Gasteiger partial charge in [-0.1, -0.05) is 12.1 Å². The van der Waals surface area contributed by atoms with Gasteiger partial charge in [0.1, 0.15) is 0 Å². The topological polar surface area (TPSA) is 80.8 Å². The third-order valence-electron chi connectivity index (χ3n) is 5.00. The molecule has 0 atom stereocenters. The molecular formula is C22H38N6O. The zero-order valence-corrected chi connectivity index (χ0v) is 18.6. The first-order valence-corrected chi connectivity index (χ1v) is 10.8. The maximum atomic E-state index is 11.8. The lowest BCUT2D eigenvalue weighted by Crippen LogP contribution is -2.49. The molecule has 0 bridgehead atoms. The van der Waals surface area contributed by atoms with Crippen molar-refractivity contribution in [1.29, 1.82) is 0 Å². The Bertz CT molecular complexity index is 648. The summed E-state index contributed by atoms with van der Waals surface area (Å²) in [6, 6.07) is 8.82. The normalized spacial score (nSPS) is 16.2. The summed E-state index contributed by atoms with van der Waals surface area (Å²) in [7, 11) is 0. The molecule has 7 nitrogen and oxygen atoms in total. The summed E-state index contributed by atoms with van der Waals surface area (Å²) in [5.41, 5.74) is 1.88. The number of rotatable bonds is 7. The minimum Gasteiger partial charge on any atom is -0.357 e. The summed E-state index contributed by atoms with van der Waals surface area (Å²) in [6.07, 6.45) is 2.28. The van der Waals surface area contributed by atoms with Crippen LogP contribution in [0.3, 0.4) is 0 Å². The van der Waals surface area contributed by atoms with Gasteiger partial charge in [-0.25, -0.2) is 9.79 Å². The van der Waals surface area contributed by atoms with Crippen molar-refractivity contribution in [3.05, 3.63) is 29.8 Å². The average Bonchev–Trinajstić information content (AvgIpc) is 2.67. The Morgan fingerprint density at radius 3 is 2.34 bits per heavy atom. The number of guanidine groups is 1. The first-order chi connectivity index (χ1) is 13.9. The van der Waals surface area contributed by atoms with E-state index in [0.717, 1.165) is 49.7 Å². The number of amides is 2. The van der Waals surface area contributed by atoms with Crippen LogP contribution in [0.5, 0.6) is 0 Å². The van der Waals surface area contributed by atoms with E-state index in [0.29, 0.717) is 18.6 Å². The van der Waals surface area contributed by atoms with E-state index in [4.69, 9.17) is 4.99 Å². The third kappa shape index (κ3) is 8.31. The lowest BCUT2D eigenvalue weighted by atomic mass is 10.0. The molecule has 4 N–H and O–H groups in total. The zero-order valence-electron chi connectivity index (χ0n) is 18.6. The predicted octanol–water partition coefficient (Wildman–Crippen LogP) is 3.14. The van der Waals surface area contributed by atoms with Gasteiger partial charge in [0, 0.05) is 43.4 Å². The molecule has 1 aromatic rings. The van der Waals surface area contributed by atoms with Crippen molar-refractivity contribution in [3.8, 4) is 0 Å². The maximum Gasteiger partial charge on any atom is 0.319 e. The van der Waals surface area contributed by atoms with Crippen LogP contribution < -0.4 is 21.3 Å². The highest BCUT2D eigenvalue weighted by Gasteiger charge is 2.21. The van der Waals surface area contributed by atoms with Crippen LogP contribution in [0, 0.1) is 0 Å². The molecule has 7 heteroatoms. The number of hydrogen-bond donors (Lipinski definition) is 4. The third-order valence-corrected chi connectivity index (χ3v) is 5.00. The highest BCUT2D eigenvalue weighted by atomic mass is 16.2. The van der Waals surface area contributed by atoms with Crippen molar-refractivity contribution >= 4 is 17.7 Å². The van der Waals surface area contributed by atoms with Crippen molar-refractivity contribution < 1.29 is 4.79 Å². The molecule has 0 saturated carbocycles. The Balaban J connectivity index is 1.87. The maximum absolute atomic E-state index is 11.8. The fourth-order valence-corrected chi connectivity index (χ4v) is 3.37. The number of nitrogens with one attached hydrogen (secondary N) is 4. The van der Waals surface area contributed by atoms with Crippen LogP contribution in [-0.4, -0.2) is 54.7 Å². The summed E-state index contributed by atoms with van der Waals surface area (Å²) < 4.78 is 0. The van der Waals surface area contributed by atoms with Crippen molar-refractivity contribution in [1.82, 2.24) is 20.9 Å². The second-order valence-corrected chi connectivity index (χ2v) is 8.19. The molecular weight excluding hydrogens is 364 g/mol. The number of nitrogens with zero attached hydrogens (tertiary/aromatic N) is 2. The van der Waals surface area contributed by atoms with E-state index >= 15 is 0 Å². The molecule has 0 radical (unpaired) electrons. The Morgan fingerprint density at radius 1 is 1.14 bits per heavy atom. The molecule has 2 amide bonds. The van der Waals surface area contributed by atoms with Crippen molar-refractivity contribution in [3.63, 3.8) is 0 Å². The highest BCUT2D eigenvalue weighted by Crippen LogP contribution is 2.13. The fraction of sp³-hybridized carbons (Fsp3) is 0.636. The number of urea groups is 1. The van der Waals surface area contributed by atoms with Crippen LogP contribution in [0.2, 0.25) is 0 Å². The monoisotopic (exact) mass is 402 g/mol. The van der Waals surface area contributed by atoms with Crippen LogP contribution in [0.1, 0.15) is 53.0 Å². The molecule has 0 unspecified atom stereocenters. The van der Waals surface area contributed by atoms with Crippen molar-refractivity contribution in [2.24, 2.45) is 4.99 Å². The van der Waals surface area contributed by atoms with Gasteiger partial charge in [-0.15, -0.1) is 0 Å². The summed E-state index contributed by atoms with van der Waals surface area (Å²) in [4.78, 5) is 19.0. The van der Waals surface area contributed by atoms with E-state index in [2.05, 4.69) is 46.9 Å². The fourth-order valence-electron chi connectivity index (χ4n) is 3.37. The number of carbonyl (C=O) groups is 1. The molecule has 2 rings (SSSR count). The lowest BCUT2D eigenvalue weighted by Gasteiger charge is -2.35. The lowest BCUT2D eigenvalue weighted by molar-refractivity contribution is 0.167. The van der Waals surface area contributed by atoms with Gasteiger partial charge in [-0.2, -0.15) is 0 Å². The first-order valence-electron chi connectivity index (χ1n) is 10.8. The van der Waals surface area contributed by atoms with E-state index in [-0.39, 0.29) is 12.1 Å². The molecule has 1 aromatic carbocycles. The molecule has 0 aliphatic carbocycles. The summed E-state index contributed by atoms with van der Waals surface area (Å²) in [6.45, 7) is 14.2. The van der Waals surface area contributed by atoms with Gasteiger partial charge in [-0.05, 0) is 65.2 Å². The van der Waals surface area contributed by atoms with Gasteiger partial charge in [0.25, 0.3) is 0 Å². The van der Waals surface area contributed by atoms with Gasteiger partial charge in [0.15, 0.2) is 5.96 Å². The molecule has 0 spiro atoms. The Hall–Kier alpha value is -2.28. The van der Waals surface area contributed by atoms with E-state index < -0.39 is 0 Å². The van der Waals surface area contributed by atoms with Gasteiger partial charge < -0.3 is 26.2 Å². The minimum absolute atomic E-state index is 0.109. The number of anilines is 1. The number of aliphatic imine (C=N–C) groups is 1. The number of likely N-dealkylation sites (tertiary alicyclic amines) is 1. The highest BCUT2D eigenvalue weighted by molar-refractivity contribution is 5.89. The number of carbonyl (C=O) groups excluding carboxylic acids is 1. The molecule has 162 valence electrons. The molecule has 29 heavy (non-hydrogen) atoms. The van der Waals surface area contributed by atoms with Crippen molar-refractivity contribution in [2.45, 2.75) is 72.1 Å². The van der Waals surface area contributed by atoms with Crippen LogP contribution in [0.15, 0.2) is 29.3 Å². The Labute approximate surface area is 175 Å². The molecule has 1 aliphatic heterocycles. The van der Waals surface area contributed by atoms with E-state index in [1.54, 1.807) is 0 Å². The van der Waals surface area contributed by atoms with Crippen LogP contribution in [0.25, 0.3) is 0 Å². The van der Waals surface area contributed by atoms with E-state index in [9.17, 15) is 4.79 Å². The SMILES string of the molecule is CCNC(=NCc1ccc(NC(=O)NC(C)C)cc1)NC1CCN(C(C)C)CC1. The minimum atomic E-state index is -0.187. The van der Waals surface area contributed by atoms with Crippen LogP contribution >= 0.6 is 0 Å². The first kappa shape index (κ1) is 23.0. The van der Waals surface area contributed by atoms with Crippen LogP contribution in [0.4, 0.5) is 10.5 Å². The molecule has 1 aliphatic rings. The molecule has 1 heterocycles. The van der Waals surface area contributed by atoms with Crippen molar-refractivity contribution in [2.75, 3.05) is 25.0 Å².